The number of carbonyl (C=O) groups excluding carboxylic acids is 1. The Balaban J connectivity index is 1.14. The third-order valence-corrected chi connectivity index (χ3v) is 11.9. The fraction of sp³-hybridized carbons (Fsp3) is 0.425. The van der Waals surface area contributed by atoms with Crippen LogP contribution in [-0.4, -0.2) is 43.3 Å². The van der Waals surface area contributed by atoms with E-state index in [-0.39, 0.29) is 17.0 Å². The van der Waals surface area contributed by atoms with Crippen LogP contribution in [0, 0.1) is 24.2 Å². The van der Waals surface area contributed by atoms with E-state index in [1.807, 2.05) is 61.7 Å². The van der Waals surface area contributed by atoms with Gasteiger partial charge in [-0.05, 0) is 91.3 Å². The Morgan fingerprint density at radius 1 is 1.10 bits per heavy atom. The summed E-state index contributed by atoms with van der Waals surface area (Å²) in [6.07, 6.45) is 9.82. The molecule has 9 nitrogen and oxygen atoms in total. The number of carboxylic acids is 1. The Morgan fingerprint density at radius 3 is 2.72 bits per heavy atom. The number of aromatic nitrogens is 4. The molecule has 50 heavy (non-hydrogen) atoms. The minimum absolute atomic E-state index is 0.0124. The number of amides is 1. The summed E-state index contributed by atoms with van der Waals surface area (Å²) in [5.74, 6) is 0.642. The van der Waals surface area contributed by atoms with Crippen LogP contribution in [0.15, 0.2) is 60.8 Å². The van der Waals surface area contributed by atoms with Crippen LogP contribution >= 0.6 is 11.3 Å². The van der Waals surface area contributed by atoms with Crippen LogP contribution in [-0.2, 0) is 19.5 Å². The lowest BCUT2D eigenvalue weighted by Gasteiger charge is -2.42. The van der Waals surface area contributed by atoms with Crippen molar-refractivity contribution in [3.63, 3.8) is 0 Å². The van der Waals surface area contributed by atoms with Gasteiger partial charge in [0.2, 0.25) is 0 Å². The summed E-state index contributed by atoms with van der Waals surface area (Å²) in [6.45, 7) is 11.0. The van der Waals surface area contributed by atoms with Crippen LogP contribution in [0.3, 0.4) is 0 Å². The molecule has 1 fully saturated rings. The molecule has 2 N–H and O–H groups in total. The molecule has 2 aromatic carbocycles. The number of nitrogens with one attached hydrogen (secondary N) is 1. The number of thiazole rings is 1. The van der Waals surface area contributed by atoms with Gasteiger partial charge in [0.25, 0.3) is 5.91 Å². The standard InChI is InChI=1S/C40H46N6O3S/c1-5-25(2)20-40(18-9-10-26(3)21-40)24-46-27(4)31(22-41-46)29-15-16-35(43-36(29)38(48)49)45-19-17-28-11-8-12-30(32(28)23-45)37(47)44-39-42-33-13-6-7-14-34(33)50-39/h6-8,11-16,22,25-26H,5,9-10,17-21,23-24H2,1-4H3,(H,48,49)(H,42,44,47). The number of carboxylic acid groups (broad SMARTS) is 1. The van der Waals surface area contributed by atoms with Gasteiger partial charge in [-0.25, -0.2) is 14.8 Å². The maximum Gasteiger partial charge on any atom is 0.355 e. The highest BCUT2D eigenvalue weighted by atomic mass is 32.1. The second-order valence-electron chi connectivity index (χ2n) is 14.6. The van der Waals surface area contributed by atoms with Crippen molar-refractivity contribution in [3.05, 3.63) is 88.9 Å². The molecule has 1 aliphatic carbocycles. The molecular weight excluding hydrogens is 645 g/mol. The number of carbonyl (C=O) groups is 2. The summed E-state index contributed by atoms with van der Waals surface area (Å²) in [6, 6.07) is 17.4. The fourth-order valence-electron chi connectivity index (χ4n) is 8.32. The van der Waals surface area contributed by atoms with Crippen molar-refractivity contribution in [2.24, 2.45) is 17.3 Å². The highest BCUT2D eigenvalue weighted by Crippen LogP contribution is 2.46. The number of nitrogens with zero attached hydrogens (tertiary/aromatic N) is 5. The van der Waals surface area contributed by atoms with Gasteiger partial charge in [0, 0.05) is 42.0 Å². The molecule has 0 radical (unpaired) electrons. The lowest BCUT2D eigenvalue weighted by Crippen LogP contribution is -2.34. The smallest absolute Gasteiger partial charge is 0.355 e. The summed E-state index contributed by atoms with van der Waals surface area (Å²) in [7, 11) is 0. The van der Waals surface area contributed by atoms with Crippen LogP contribution in [0.25, 0.3) is 21.3 Å². The van der Waals surface area contributed by atoms with Gasteiger partial charge in [-0.1, -0.05) is 75.6 Å². The normalized spacial score (nSPS) is 19.7. The summed E-state index contributed by atoms with van der Waals surface area (Å²) >= 11 is 1.45. The number of para-hydroxylation sites is 1. The van der Waals surface area contributed by atoms with Crippen molar-refractivity contribution in [3.8, 4) is 11.1 Å². The molecule has 3 atom stereocenters. The molecule has 3 unspecified atom stereocenters. The van der Waals surface area contributed by atoms with Gasteiger partial charge in [0.1, 0.15) is 5.82 Å². The molecule has 0 bridgehead atoms. The van der Waals surface area contributed by atoms with Crippen LogP contribution in [0.1, 0.15) is 97.0 Å². The van der Waals surface area contributed by atoms with Crippen LogP contribution in [0.2, 0.25) is 0 Å². The van der Waals surface area contributed by atoms with E-state index in [1.54, 1.807) is 0 Å². The zero-order chi connectivity index (χ0) is 35.0. The first-order valence-electron chi connectivity index (χ1n) is 17.9. The van der Waals surface area contributed by atoms with Gasteiger partial charge < -0.3 is 10.0 Å². The van der Waals surface area contributed by atoms with Crippen LogP contribution in [0.5, 0.6) is 0 Å². The number of rotatable bonds is 10. The van der Waals surface area contributed by atoms with E-state index in [9.17, 15) is 14.7 Å². The molecule has 7 rings (SSSR count). The van der Waals surface area contributed by atoms with Crippen molar-refractivity contribution in [2.75, 3.05) is 16.8 Å². The molecule has 2 aliphatic rings. The average Bonchev–Trinajstić information content (AvgIpc) is 3.69. The molecule has 5 aromatic rings. The first kappa shape index (κ1) is 33.9. The van der Waals surface area contributed by atoms with Gasteiger partial charge in [-0.3, -0.25) is 14.8 Å². The minimum atomic E-state index is -1.07. The fourth-order valence-corrected chi connectivity index (χ4v) is 9.18. The summed E-state index contributed by atoms with van der Waals surface area (Å²) in [5, 5.41) is 18.8. The molecule has 1 saturated carbocycles. The summed E-state index contributed by atoms with van der Waals surface area (Å²) in [5.41, 5.74) is 6.03. The number of anilines is 2. The van der Waals surface area contributed by atoms with Crippen molar-refractivity contribution in [1.82, 2.24) is 19.7 Å². The predicted octanol–water partition coefficient (Wildman–Crippen LogP) is 9.01. The second kappa shape index (κ2) is 14.0. The molecular formula is C40H46N6O3S. The lowest BCUT2D eigenvalue weighted by molar-refractivity contribution is 0.0691. The summed E-state index contributed by atoms with van der Waals surface area (Å²) < 4.78 is 3.12. The highest BCUT2D eigenvalue weighted by Gasteiger charge is 2.37. The second-order valence-corrected chi connectivity index (χ2v) is 15.7. The SMILES string of the molecule is CCC(C)CC1(Cn2ncc(-c3ccc(N4CCc5cccc(C(=O)Nc6nc7ccccc7s6)c5C4)nc3C(=O)O)c2C)CCCC(C)C1. The number of aromatic carboxylic acids is 1. The number of benzene rings is 2. The predicted molar refractivity (Wildman–Crippen MR) is 200 cm³/mol. The maximum absolute atomic E-state index is 13.6. The molecule has 3 aromatic heterocycles. The molecule has 0 saturated heterocycles. The van der Waals surface area contributed by atoms with E-state index in [1.165, 1.54) is 49.9 Å². The Bertz CT molecular complexity index is 2020. The summed E-state index contributed by atoms with van der Waals surface area (Å²) in [4.78, 5) is 37.6. The lowest BCUT2D eigenvalue weighted by atomic mass is 9.66. The van der Waals surface area contributed by atoms with E-state index < -0.39 is 5.97 Å². The largest absolute Gasteiger partial charge is 0.476 e. The van der Waals surface area contributed by atoms with E-state index in [0.717, 1.165) is 39.1 Å². The van der Waals surface area contributed by atoms with Gasteiger partial charge in [-0.15, -0.1) is 0 Å². The van der Waals surface area contributed by atoms with Crippen molar-refractivity contribution in [1.29, 1.82) is 0 Å². The average molecular weight is 691 g/mol. The third kappa shape index (κ3) is 6.77. The third-order valence-electron chi connectivity index (χ3n) is 11.0. The first-order chi connectivity index (χ1) is 24.1. The highest BCUT2D eigenvalue weighted by molar-refractivity contribution is 7.22. The Hall–Kier alpha value is -4.57. The molecule has 4 heterocycles. The van der Waals surface area contributed by atoms with Gasteiger partial charge in [0.15, 0.2) is 10.8 Å². The Labute approximate surface area is 297 Å². The molecule has 260 valence electrons. The number of hydrogen-bond donors (Lipinski definition) is 2. The van der Waals surface area contributed by atoms with Crippen LogP contribution in [0.4, 0.5) is 10.9 Å². The van der Waals surface area contributed by atoms with Gasteiger partial charge in [-0.2, -0.15) is 5.10 Å². The molecule has 0 spiro atoms. The van der Waals surface area contributed by atoms with E-state index >= 15 is 0 Å². The first-order valence-corrected chi connectivity index (χ1v) is 18.7. The monoisotopic (exact) mass is 690 g/mol. The van der Waals surface area contributed by atoms with E-state index in [2.05, 4.69) is 46.7 Å². The van der Waals surface area contributed by atoms with Crippen molar-refractivity contribution in [2.45, 2.75) is 85.7 Å². The van der Waals surface area contributed by atoms with E-state index in [0.29, 0.717) is 53.4 Å². The van der Waals surface area contributed by atoms with Crippen molar-refractivity contribution < 1.29 is 14.7 Å². The number of fused-ring (bicyclic) bond motifs is 2. The van der Waals surface area contributed by atoms with Gasteiger partial charge >= 0.3 is 5.97 Å². The Morgan fingerprint density at radius 2 is 1.94 bits per heavy atom. The maximum atomic E-state index is 13.6. The van der Waals surface area contributed by atoms with Gasteiger partial charge in [0.05, 0.1) is 16.4 Å². The van der Waals surface area contributed by atoms with Crippen molar-refractivity contribution >= 4 is 44.4 Å². The number of pyridine rings is 1. The van der Waals surface area contributed by atoms with Crippen LogP contribution < -0.4 is 10.2 Å². The quantitative estimate of drug-likeness (QED) is 0.150. The Kier molecular flexibility index (Phi) is 9.48. The zero-order valence-corrected chi connectivity index (χ0v) is 30.2. The molecule has 1 amide bonds. The minimum Gasteiger partial charge on any atom is -0.476 e. The zero-order valence-electron chi connectivity index (χ0n) is 29.4. The molecule has 1 aliphatic heterocycles. The van der Waals surface area contributed by atoms with E-state index in [4.69, 9.17) is 10.1 Å². The number of hydrogen-bond acceptors (Lipinski definition) is 7. The topological polar surface area (TPSA) is 113 Å². The molecule has 10 heteroatoms.